The molecule has 1 aliphatic heterocycles. The number of nitrogens with zero attached hydrogens (tertiary/aromatic N) is 2. The predicted octanol–water partition coefficient (Wildman–Crippen LogP) is 2.37. The highest BCUT2D eigenvalue weighted by atomic mass is 16.6. The molecule has 1 aromatic rings. The fourth-order valence-corrected chi connectivity index (χ4v) is 3.25. The lowest BCUT2D eigenvalue weighted by Gasteiger charge is -2.41. The lowest BCUT2D eigenvalue weighted by Crippen LogP contribution is -2.57. The summed E-state index contributed by atoms with van der Waals surface area (Å²) in [6.45, 7) is 7.06. The van der Waals surface area contributed by atoms with Gasteiger partial charge in [-0.1, -0.05) is 30.3 Å². The van der Waals surface area contributed by atoms with Gasteiger partial charge < -0.3 is 20.3 Å². The van der Waals surface area contributed by atoms with E-state index in [1.807, 2.05) is 49.1 Å². The summed E-state index contributed by atoms with van der Waals surface area (Å²) < 4.78 is 5.42. The number of carbonyl (C=O) groups is 2. The Bertz CT molecular complexity index is 575. The van der Waals surface area contributed by atoms with Crippen molar-refractivity contribution in [3.63, 3.8) is 0 Å². The quantitative estimate of drug-likeness (QED) is 0.887. The van der Waals surface area contributed by atoms with Gasteiger partial charge in [-0.3, -0.25) is 4.79 Å². The molecule has 2 rings (SSSR count). The number of nitrogens with two attached hydrogens (primary N) is 1. The van der Waals surface area contributed by atoms with Gasteiger partial charge in [-0.2, -0.15) is 0 Å². The number of hydrogen-bond acceptors (Lipinski definition) is 4. The number of benzene rings is 1. The molecular weight excluding hydrogens is 318 g/mol. The van der Waals surface area contributed by atoms with E-state index >= 15 is 0 Å². The molecule has 0 saturated carbocycles. The summed E-state index contributed by atoms with van der Waals surface area (Å²) in [5.41, 5.74) is 6.75. The summed E-state index contributed by atoms with van der Waals surface area (Å²) in [6.07, 6.45) is 1.39. The molecule has 6 heteroatoms. The van der Waals surface area contributed by atoms with Gasteiger partial charge in [-0.15, -0.1) is 0 Å². The third-order valence-corrected chi connectivity index (χ3v) is 4.45. The molecule has 0 aliphatic carbocycles. The van der Waals surface area contributed by atoms with Crippen molar-refractivity contribution in [1.82, 2.24) is 9.80 Å². The van der Waals surface area contributed by atoms with Gasteiger partial charge in [-0.25, -0.2) is 4.79 Å². The SMILES string of the molecule is CC(C)N(C(=O)[C@H](C)N)C1CCCN(C(=O)OCc2ccccc2)C1. The van der Waals surface area contributed by atoms with Crippen LogP contribution in [0.25, 0.3) is 0 Å². The molecule has 1 unspecified atom stereocenters. The van der Waals surface area contributed by atoms with Crippen molar-refractivity contribution < 1.29 is 14.3 Å². The molecule has 25 heavy (non-hydrogen) atoms. The van der Waals surface area contributed by atoms with E-state index in [-0.39, 0.29) is 30.7 Å². The summed E-state index contributed by atoms with van der Waals surface area (Å²) in [5, 5.41) is 0. The fourth-order valence-electron chi connectivity index (χ4n) is 3.25. The Morgan fingerprint density at radius 2 is 1.96 bits per heavy atom. The Hall–Kier alpha value is -2.08. The van der Waals surface area contributed by atoms with Gasteiger partial charge >= 0.3 is 6.09 Å². The zero-order chi connectivity index (χ0) is 18.4. The number of rotatable bonds is 5. The molecule has 1 fully saturated rings. The number of ether oxygens (including phenoxy) is 1. The molecular formula is C19H29N3O3. The van der Waals surface area contributed by atoms with Crippen LogP contribution in [0, 0.1) is 0 Å². The Labute approximate surface area is 149 Å². The number of likely N-dealkylation sites (tertiary alicyclic amines) is 1. The predicted molar refractivity (Wildman–Crippen MR) is 96.9 cm³/mol. The highest BCUT2D eigenvalue weighted by Crippen LogP contribution is 2.20. The van der Waals surface area contributed by atoms with Gasteiger partial charge in [0.15, 0.2) is 0 Å². The number of hydrogen-bond donors (Lipinski definition) is 1. The molecule has 1 saturated heterocycles. The third kappa shape index (κ3) is 5.19. The summed E-state index contributed by atoms with van der Waals surface area (Å²) in [5.74, 6) is -0.0699. The molecule has 1 aliphatic rings. The van der Waals surface area contributed by atoms with Gasteiger partial charge in [0.2, 0.25) is 5.91 Å². The van der Waals surface area contributed by atoms with Crippen LogP contribution in [0.4, 0.5) is 4.79 Å². The van der Waals surface area contributed by atoms with E-state index in [2.05, 4.69) is 0 Å². The zero-order valence-electron chi connectivity index (χ0n) is 15.4. The molecule has 1 aromatic carbocycles. The third-order valence-electron chi connectivity index (χ3n) is 4.45. The topological polar surface area (TPSA) is 75.9 Å². The number of amides is 2. The molecule has 2 amide bonds. The van der Waals surface area contributed by atoms with Crippen LogP contribution >= 0.6 is 0 Å². The van der Waals surface area contributed by atoms with Crippen LogP contribution in [0.3, 0.4) is 0 Å². The Balaban J connectivity index is 1.96. The summed E-state index contributed by atoms with van der Waals surface area (Å²) in [4.78, 5) is 28.3. The van der Waals surface area contributed by atoms with Crippen molar-refractivity contribution in [2.45, 2.75) is 58.3 Å². The Morgan fingerprint density at radius 1 is 1.28 bits per heavy atom. The minimum atomic E-state index is -0.539. The van der Waals surface area contributed by atoms with Crippen LogP contribution in [0.1, 0.15) is 39.2 Å². The standard InChI is InChI=1S/C19H29N3O3/c1-14(2)22(18(23)15(3)20)17-10-7-11-21(12-17)19(24)25-13-16-8-5-4-6-9-16/h4-6,8-9,14-15,17H,7,10-13,20H2,1-3H3/t15-,17?/m0/s1. The van der Waals surface area contributed by atoms with Crippen LogP contribution < -0.4 is 5.73 Å². The lowest BCUT2D eigenvalue weighted by molar-refractivity contribution is -0.137. The first-order chi connectivity index (χ1) is 11.9. The van der Waals surface area contributed by atoms with E-state index in [0.717, 1.165) is 18.4 Å². The van der Waals surface area contributed by atoms with Crippen molar-refractivity contribution in [3.05, 3.63) is 35.9 Å². The van der Waals surface area contributed by atoms with Gasteiger partial charge in [0, 0.05) is 25.2 Å². The van der Waals surface area contributed by atoms with Gasteiger partial charge in [-0.05, 0) is 39.2 Å². The van der Waals surface area contributed by atoms with Gasteiger partial charge in [0.1, 0.15) is 6.61 Å². The van der Waals surface area contributed by atoms with Crippen LogP contribution in [0.5, 0.6) is 0 Å². The largest absolute Gasteiger partial charge is 0.445 e. The summed E-state index contributed by atoms with van der Waals surface area (Å²) >= 11 is 0. The number of piperidine rings is 1. The Kier molecular flexibility index (Phi) is 6.82. The fraction of sp³-hybridized carbons (Fsp3) is 0.579. The van der Waals surface area contributed by atoms with Crippen molar-refractivity contribution in [1.29, 1.82) is 0 Å². The van der Waals surface area contributed by atoms with Crippen LogP contribution in [-0.2, 0) is 16.1 Å². The van der Waals surface area contributed by atoms with Crippen molar-refractivity contribution in [2.75, 3.05) is 13.1 Å². The monoisotopic (exact) mass is 347 g/mol. The number of carbonyl (C=O) groups excluding carboxylic acids is 2. The minimum absolute atomic E-state index is 0.0171. The van der Waals surface area contributed by atoms with Crippen molar-refractivity contribution in [3.8, 4) is 0 Å². The molecule has 2 atom stereocenters. The highest BCUT2D eigenvalue weighted by molar-refractivity contribution is 5.82. The molecule has 6 nitrogen and oxygen atoms in total. The molecule has 0 radical (unpaired) electrons. The minimum Gasteiger partial charge on any atom is -0.445 e. The first-order valence-electron chi connectivity index (χ1n) is 8.93. The van der Waals surface area contributed by atoms with Gasteiger partial charge in [0.05, 0.1) is 6.04 Å². The molecule has 0 bridgehead atoms. The average Bonchev–Trinajstić information content (AvgIpc) is 2.60. The maximum Gasteiger partial charge on any atom is 0.410 e. The zero-order valence-corrected chi connectivity index (χ0v) is 15.4. The average molecular weight is 347 g/mol. The van der Waals surface area contributed by atoms with E-state index in [1.165, 1.54) is 0 Å². The molecule has 0 spiro atoms. The van der Waals surface area contributed by atoms with Gasteiger partial charge in [0.25, 0.3) is 0 Å². The molecule has 2 N–H and O–H groups in total. The summed E-state index contributed by atoms with van der Waals surface area (Å²) in [6, 6.07) is 9.10. The first kappa shape index (κ1) is 19.2. The van der Waals surface area contributed by atoms with Crippen molar-refractivity contribution in [2.24, 2.45) is 5.73 Å². The van der Waals surface area contributed by atoms with E-state index in [0.29, 0.717) is 13.1 Å². The second-order valence-electron chi connectivity index (χ2n) is 6.91. The van der Waals surface area contributed by atoms with E-state index in [4.69, 9.17) is 10.5 Å². The van der Waals surface area contributed by atoms with E-state index in [1.54, 1.807) is 11.8 Å². The van der Waals surface area contributed by atoms with E-state index < -0.39 is 6.04 Å². The first-order valence-corrected chi connectivity index (χ1v) is 8.93. The second kappa shape index (κ2) is 8.85. The second-order valence-corrected chi connectivity index (χ2v) is 6.91. The van der Waals surface area contributed by atoms with E-state index in [9.17, 15) is 9.59 Å². The Morgan fingerprint density at radius 3 is 2.56 bits per heavy atom. The van der Waals surface area contributed by atoms with Crippen LogP contribution in [0.15, 0.2) is 30.3 Å². The molecule has 1 heterocycles. The lowest BCUT2D eigenvalue weighted by atomic mass is 10.0. The summed E-state index contributed by atoms with van der Waals surface area (Å²) in [7, 11) is 0. The van der Waals surface area contributed by atoms with Crippen molar-refractivity contribution >= 4 is 12.0 Å². The van der Waals surface area contributed by atoms with Crippen LogP contribution in [0.2, 0.25) is 0 Å². The normalized spacial score (nSPS) is 18.8. The van der Waals surface area contributed by atoms with Crippen LogP contribution in [-0.4, -0.2) is 53.0 Å². The molecule has 0 aromatic heterocycles. The smallest absolute Gasteiger partial charge is 0.410 e. The molecule has 138 valence electrons. The maximum atomic E-state index is 12.4. The maximum absolute atomic E-state index is 12.4. The highest BCUT2D eigenvalue weighted by Gasteiger charge is 2.33.